The summed E-state index contributed by atoms with van der Waals surface area (Å²) in [5.41, 5.74) is -0.479. The van der Waals surface area contributed by atoms with Crippen LogP contribution in [-0.2, 0) is 9.53 Å². The maximum atomic E-state index is 12.0. The van der Waals surface area contributed by atoms with Gasteiger partial charge in [-0.05, 0) is 27.7 Å². The zero-order valence-electron chi connectivity index (χ0n) is 14.0. The summed E-state index contributed by atoms with van der Waals surface area (Å²) in [7, 11) is 0. The highest BCUT2D eigenvalue weighted by Crippen LogP contribution is 2.16. The third kappa shape index (κ3) is 5.80. The van der Waals surface area contributed by atoms with Gasteiger partial charge in [0, 0.05) is 32.1 Å². The van der Waals surface area contributed by atoms with Crippen LogP contribution in [0.4, 0.5) is 4.79 Å². The molecule has 1 unspecified atom stereocenters. The number of carbonyl (C=O) groups is 2. The Morgan fingerprint density at radius 1 is 1.20 bits per heavy atom. The van der Waals surface area contributed by atoms with Gasteiger partial charge in [0.1, 0.15) is 5.60 Å². The van der Waals surface area contributed by atoms with E-state index in [4.69, 9.17) is 4.74 Å². The van der Waals surface area contributed by atoms with Crippen molar-refractivity contribution >= 4 is 12.0 Å². The maximum absolute atomic E-state index is 12.0. The second-order valence-corrected chi connectivity index (χ2v) is 5.72. The molecule has 0 radical (unpaired) electrons. The smallest absolute Gasteiger partial charge is 0.410 e. The lowest BCUT2D eigenvalue weighted by Crippen LogP contribution is -2.56. The second kappa shape index (κ2) is 8.12. The van der Waals surface area contributed by atoms with Crippen LogP contribution >= 0.6 is 0 Å². The maximum Gasteiger partial charge on any atom is 0.410 e. The predicted octanol–water partition coefficient (Wildman–Crippen LogP) is 2.89. The number of hydrogen-bond acceptors (Lipinski definition) is 3. The van der Waals surface area contributed by atoms with E-state index < -0.39 is 5.60 Å². The number of hydrogen-bond donors (Lipinski definition) is 0. The molecule has 0 aromatic heterocycles. The van der Waals surface area contributed by atoms with Gasteiger partial charge in [-0.25, -0.2) is 4.79 Å². The molecule has 5 heteroatoms. The predicted molar refractivity (Wildman–Crippen MR) is 80.6 cm³/mol. The van der Waals surface area contributed by atoms with Crippen molar-refractivity contribution in [2.75, 3.05) is 19.6 Å². The van der Waals surface area contributed by atoms with Crippen LogP contribution < -0.4 is 0 Å². The number of piperazine rings is 1. The molecule has 0 N–H and O–H groups in total. The van der Waals surface area contributed by atoms with E-state index in [1.807, 2.05) is 53.4 Å². The van der Waals surface area contributed by atoms with Gasteiger partial charge >= 0.3 is 6.09 Å². The minimum absolute atomic E-state index is 0.00380. The minimum Gasteiger partial charge on any atom is -0.444 e. The number of nitrogens with zero attached hydrogens (tertiary/aromatic N) is 2. The van der Waals surface area contributed by atoms with Gasteiger partial charge in [-0.15, -0.1) is 0 Å². The molecule has 0 aliphatic carbocycles. The van der Waals surface area contributed by atoms with E-state index in [-0.39, 0.29) is 18.0 Å². The second-order valence-electron chi connectivity index (χ2n) is 5.72. The molecule has 20 heavy (non-hydrogen) atoms. The molecule has 1 aliphatic heterocycles. The van der Waals surface area contributed by atoms with Crippen molar-refractivity contribution in [2.45, 2.75) is 66.5 Å². The van der Waals surface area contributed by atoms with Crippen molar-refractivity contribution < 1.29 is 14.3 Å². The molecule has 1 saturated heterocycles. The van der Waals surface area contributed by atoms with Crippen LogP contribution in [0.25, 0.3) is 0 Å². The van der Waals surface area contributed by atoms with Crippen LogP contribution in [0.2, 0.25) is 0 Å². The van der Waals surface area contributed by atoms with Gasteiger partial charge < -0.3 is 14.5 Å². The van der Waals surface area contributed by atoms with Crippen LogP contribution in [0, 0.1) is 0 Å². The van der Waals surface area contributed by atoms with Crippen LogP contribution in [0.1, 0.15) is 54.9 Å². The van der Waals surface area contributed by atoms with Crippen molar-refractivity contribution in [1.82, 2.24) is 9.80 Å². The van der Waals surface area contributed by atoms with E-state index >= 15 is 0 Å². The van der Waals surface area contributed by atoms with Crippen LogP contribution in [-0.4, -0.2) is 53.1 Å². The third-order valence-electron chi connectivity index (χ3n) is 2.91. The minimum atomic E-state index is -0.479. The standard InChI is InChI=1S/C13H24N2O3.C2H6/c1-6-11(16)14-7-8-15(10(2)9-14)12(17)18-13(3,4)5;1-2/h10H,6-9H2,1-5H3;1-2H3. The van der Waals surface area contributed by atoms with E-state index in [1.54, 1.807) is 4.90 Å². The van der Waals surface area contributed by atoms with E-state index in [0.29, 0.717) is 26.1 Å². The van der Waals surface area contributed by atoms with E-state index in [0.717, 1.165) is 0 Å². The molecule has 2 amide bonds. The number of amides is 2. The summed E-state index contributed by atoms with van der Waals surface area (Å²) in [5.74, 6) is 0.144. The van der Waals surface area contributed by atoms with Crippen molar-refractivity contribution in [1.29, 1.82) is 0 Å². The van der Waals surface area contributed by atoms with Gasteiger partial charge in [-0.3, -0.25) is 4.79 Å². The molecule has 0 saturated carbocycles. The Morgan fingerprint density at radius 2 is 1.75 bits per heavy atom. The lowest BCUT2D eigenvalue weighted by molar-refractivity contribution is -0.133. The average molecular weight is 286 g/mol. The fourth-order valence-electron chi connectivity index (χ4n) is 2.00. The molecule has 0 spiro atoms. The highest BCUT2D eigenvalue weighted by Gasteiger charge is 2.31. The lowest BCUT2D eigenvalue weighted by atomic mass is 10.2. The van der Waals surface area contributed by atoms with E-state index in [2.05, 4.69) is 0 Å². The third-order valence-corrected chi connectivity index (χ3v) is 2.91. The Kier molecular flexibility index (Phi) is 7.61. The summed E-state index contributed by atoms with van der Waals surface area (Å²) >= 11 is 0. The molecule has 0 aromatic rings. The average Bonchev–Trinajstić information content (AvgIpc) is 2.37. The largest absolute Gasteiger partial charge is 0.444 e. The molecule has 1 heterocycles. The van der Waals surface area contributed by atoms with Crippen molar-refractivity contribution in [3.8, 4) is 0 Å². The van der Waals surface area contributed by atoms with Gasteiger partial charge in [-0.1, -0.05) is 20.8 Å². The summed E-state index contributed by atoms with van der Waals surface area (Å²) in [6.45, 7) is 15.1. The van der Waals surface area contributed by atoms with Gasteiger partial charge in [-0.2, -0.15) is 0 Å². The first-order valence-electron chi connectivity index (χ1n) is 7.52. The van der Waals surface area contributed by atoms with Gasteiger partial charge in [0.05, 0.1) is 0 Å². The topological polar surface area (TPSA) is 49.9 Å². The van der Waals surface area contributed by atoms with E-state index in [9.17, 15) is 9.59 Å². The van der Waals surface area contributed by atoms with Crippen LogP contribution in [0.3, 0.4) is 0 Å². The molecule has 1 atom stereocenters. The Labute approximate surface area is 123 Å². The molecular weight excluding hydrogens is 256 g/mol. The van der Waals surface area contributed by atoms with E-state index in [1.165, 1.54) is 0 Å². The number of carbonyl (C=O) groups excluding carboxylic acids is 2. The molecule has 1 fully saturated rings. The Balaban J connectivity index is 0.00000172. The van der Waals surface area contributed by atoms with Crippen molar-refractivity contribution in [3.63, 3.8) is 0 Å². The Hall–Kier alpha value is -1.26. The highest BCUT2D eigenvalue weighted by molar-refractivity contribution is 5.76. The van der Waals surface area contributed by atoms with Gasteiger partial charge in [0.25, 0.3) is 0 Å². The molecule has 0 aromatic carbocycles. The quantitative estimate of drug-likeness (QED) is 0.744. The molecule has 5 nitrogen and oxygen atoms in total. The molecule has 118 valence electrons. The summed E-state index contributed by atoms with van der Waals surface area (Å²) in [6.07, 6.45) is 0.220. The normalized spacial score (nSPS) is 19.1. The van der Waals surface area contributed by atoms with Crippen LogP contribution in [0.15, 0.2) is 0 Å². The van der Waals surface area contributed by atoms with Crippen LogP contribution in [0.5, 0.6) is 0 Å². The highest BCUT2D eigenvalue weighted by atomic mass is 16.6. The lowest BCUT2D eigenvalue weighted by Gasteiger charge is -2.40. The Morgan fingerprint density at radius 3 is 2.15 bits per heavy atom. The fraction of sp³-hybridized carbons (Fsp3) is 0.867. The molecule has 1 aliphatic rings. The monoisotopic (exact) mass is 286 g/mol. The molecule has 0 bridgehead atoms. The zero-order valence-corrected chi connectivity index (χ0v) is 14.0. The summed E-state index contributed by atoms with van der Waals surface area (Å²) < 4.78 is 5.35. The Bertz CT molecular complexity index is 324. The zero-order chi connectivity index (χ0) is 15.9. The first-order chi connectivity index (χ1) is 9.24. The summed E-state index contributed by atoms with van der Waals surface area (Å²) in [6, 6.07) is 0.00380. The fourth-order valence-corrected chi connectivity index (χ4v) is 2.00. The molecular formula is C15H30N2O3. The van der Waals surface area contributed by atoms with Crippen molar-refractivity contribution in [3.05, 3.63) is 0 Å². The first kappa shape index (κ1) is 18.7. The van der Waals surface area contributed by atoms with Gasteiger partial charge in [0.2, 0.25) is 5.91 Å². The summed E-state index contributed by atoms with van der Waals surface area (Å²) in [4.78, 5) is 27.1. The first-order valence-corrected chi connectivity index (χ1v) is 7.52. The van der Waals surface area contributed by atoms with Crippen molar-refractivity contribution in [2.24, 2.45) is 0 Å². The van der Waals surface area contributed by atoms with Gasteiger partial charge in [0.15, 0.2) is 0 Å². The molecule has 1 rings (SSSR count). The summed E-state index contributed by atoms with van der Waals surface area (Å²) in [5, 5.41) is 0. The number of rotatable bonds is 1. The number of ether oxygens (including phenoxy) is 1. The SMILES string of the molecule is CC.CCC(=O)N1CCN(C(=O)OC(C)(C)C)C(C)C1.